The molecule has 0 saturated carbocycles. The molecule has 4 rings (SSSR count). The van der Waals surface area contributed by atoms with Gasteiger partial charge in [0.25, 0.3) is 5.56 Å². The van der Waals surface area contributed by atoms with E-state index in [1.807, 2.05) is 25.1 Å². The fraction of sp³-hybridized carbons (Fsp3) is 0.462. The maximum Gasteiger partial charge on any atom is 0.347 e. The molecule has 34 heavy (non-hydrogen) atoms. The number of H-pyrrole nitrogens is 1. The third kappa shape index (κ3) is 3.88. The van der Waals surface area contributed by atoms with Crippen LogP contribution in [0.4, 0.5) is 0 Å². The molecule has 182 valence electrons. The minimum Gasteiger partial charge on any atom is -0.506 e. The molecule has 1 aromatic carbocycles. The van der Waals surface area contributed by atoms with Crippen LogP contribution in [0.2, 0.25) is 18.1 Å². The average Bonchev–Trinajstić information content (AvgIpc) is 3.31. The van der Waals surface area contributed by atoms with Gasteiger partial charge >= 0.3 is 5.97 Å². The van der Waals surface area contributed by atoms with Crippen molar-refractivity contribution in [3.63, 3.8) is 0 Å². The monoisotopic (exact) mass is 482 g/mol. The number of rotatable bonds is 5. The molecular weight excluding hydrogens is 448 g/mol. The van der Waals surface area contributed by atoms with Crippen LogP contribution in [0, 0.1) is 0 Å². The molecular formula is C26H34N2O5Si. The summed E-state index contributed by atoms with van der Waals surface area (Å²) in [7, 11) is -0.788. The van der Waals surface area contributed by atoms with E-state index in [0.29, 0.717) is 17.7 Å². The third-order valence-electron chi connectivity index (χ3n) is 7.42. The largest absolute Gasteiger partial charge is 0.506 e. The van der Waals surface area contributed by atoms with Crippen molar-refractivity contribution in [1.82, 2.24) is 9.55 Å². The molecule has 0 bridgehead atoms. The van der Waals surface area contributed by atoms with Gasteiger partial charge in [0, 0.05) is 16.8 Å². The van der Waals surface area contributed by atoms with Crippen molar-refractivity contribution in [2.24, 2.45) is 0 Å². The summed E-state index contributed by atoms with van der Waals surface area (Å²) in [6, 6.07) is 8.20. The topological polar surface area (TPSA) is 93.6 Å². The van der Waals surface area contributed by atoms with Gasteiger partial charge in [-0.3, -0.25) is 4.79 Å². The van der Waals surface area contributed by atoms with Crippen LogP contribution in [0.5, 0.6) is 5.75 Å². The van der Waals surface area contributed by atoms with Crippen molar-refractivity contribution >= 4 is 25.2 Å². The maximum absolute atomic E-state index is 12.7. The number of aromatic hydroxyl groups is 1. The lowest BCUT2D eigenvalue weighted by Gasteiger charge is -2.39. The van der Waals surface area contributed by atoms with Crippen LogP contribution in [0.15, 0.2) is 29.1 Å². The molecule has 2 N–H and O–H groups in total. The lowest BCUT2D eigenvalue weighted by molar-refractivity contribution is 0.0595. The summed E-state index contributed by atoms with van der Waals surface area (Å²) >= 11 is 0. The molecule has 7 nitrogen and oxygen atoms in total. The van der Waals surface area contributed by atoms with Crippen LogP contribution < -0.4 is 5.56 Å². The summed E-state index contributed by atoms with van der Waals surface area (Å²) < 4.78 is 13.8. The SMILES string of the molecule is CCc1c(-c2ccc3cc4n(c3c2)C(O[Si](C)(C)C(C)(C)C)CC4)[nH]c(=O)c(C(=O)OC)c1O. The molecule has 0 spiro atoms. The number of esters is 1. The van der Waals surface area contributed by atoms with E-state index in [1.165, 1.54) is 12.8 Å². The van der Waals surface area contributed by atoms with Gasteiger partial charge in [0.2, 0.25) is 0 Å². The van der Waals surface area contributed by atoms with Gasteiger partial charge in [-0.2, -0.15) is 0 Å². The van der Waals surface area contributed by atoms with Crippen molar-refractivity contribution < 1.29 is 19.1 Å². The number of hydrogen-bond donors (Lipinski definition) is 2. The normalized spacial score (nSPS) is 16.1. The number of ether oxygens (including phenoxy) is 1. The number of nitrogens with zero attached hydrogens (tertiary/aromatic N) is 1. The summed E-state index contributed by atoms with van der Waals surface area (Å²) in [5.74, 6) is -1.18. The number of carbonyl (C=O) groups is 1. The number of pyridine rings is 1. The number of methoxy groups -OCH3 is 1. The zero-order valence-corrected chi connectivity index (χ0v) is 22.0. The summed E-state index contributed by atoms with van der Waals surface area (Å²) in [5, 5.41) is 12.0. The first-order chi connectivity index (χ1) is 15.9. The Morgan fingerprint density at radius 3 is 2.59 bits per heavy atom. The van der Waals surface area contributed by atoms with Gasteiger partial charge in [0.15, 0.2) is 13.9 Å². The standard InChI is InChI=1S/C26H34N2O5Si/c1-8-18-22(27-24(30)21(23(18)29)25(31)32-5)16-10-9-15-13-17-11-12-20(28(17)19(15)14-16)33-34(6,7)26(2,3)4/h9-10,13-14,20H,8,11-12H2,1-7H3,(H2,27,29,30). The fourth-order valence-corrected chi connectivity index (χ4v) is 5.76. The molecule has 0 saturated heterocycles. The number of benzene rings is 1. The van der Waals surface area contributed by atoms with Gasteiger partial charge in [0.05, 0.1) is 18.3 Å². The number of fused-ring (bicyclic) bond motifs is 3. The van der Waals surface area contributed by atoms with Gasteiger partial charge in [-0.25, -0.2) is 4.79 Å². The van der Waals surface area contributed by atoms with Crippen LogP contribution in [0.3, 0.4) is 0 Å². The predicted molar refractivity (Wildman–Crippen MR) is 136 cm³/mol. The predicted octanol–water partition coefficient (Wildman–Crippen LogP) is 5.52. The molecule has 1 unspecified atom stereocenters. The van der Waals surface area contributed by atoms with Crippen LogP contribution in [0.1, 0.15) is 62.0 Å². The van der Waals surface area contributed by atoms with Crippen molar-refractivity contribution in [3.05, 3.63) is 51.4 Å². The lowest BCUT2D eigenvalue weighted by atomic mass is 9.99. The molecule has 0 fully saturated rings. The maximum atomic E-state index is 12.7. The molecule has 2 aromatic heterocycles. The Morgan fingerprint density at radius 1 is 1.26 bits per heavy atom. The Morgan fingerprint density at radius 2 is 1.97 bits per heavy atom. The van der Waals surface area contributed by atoms with E-state index in [4.69, 9.17) is 4.43 Å². The molecule has 1 aliphatic rings. The van der Waals surface area contributed by atoms with Gasteiger partial charge < -0.3 is 23.8 Å². The van der Waals surface area contributed by atoms with Crippen LogP contribution in [-0.4, -0.2) is 36.1 Å². The summed E-state index contributed by atoms with van der Waals surface area (Å²) in [4.78, 5) is 27.5. The number of hydrogen-bond acceptors (Lipinski definition) is 5. The minimum absolute atomic E-state index is 0.0246. The van der Waals surface area contributed by atoms with E-state index in [-0.39, 0.29) is 22.6 Å². The zero-order chi connectivity index (χ0) is 25.0. The molecule has 8 heteroatoms. The Balaban J connectivity index is 1.84. The van der Waals surface area contributed by atoms with E-state index in [0.717, 1.165) is 29.3 Å². The Bertz CT molecular complexity index is 1330. The average molecular weight is 483 g/mol. The smallest absolute Gasteiger partial charge is 0.347 e. The third-order valence-corrected chi connectivity index (χ3v) is 11.9. The van der Waals surface area contributed by atoms with Gasteiger partial charge in [-0.15, -0.1) is 0 Å². The van der Waals surface area contributed by atoms with Crippen LogP contribution in [-0.2, 0) is 22.0 Å². The second-order valence-electron chi connectivity index (χ2n) is 10.5. The molecule has 0 radical (unpaired) electrons. The van der Waals surface area contributed by atoms with E-state index in [9.17, 15) is 14.7 Å². The number of aromatic nitrogens is 2. The molecule has 1 atom stereocenters. The number of aromatic amines is 1. The van der Waals surface area contributed by atoms with E-state index in [2.05, 4.69) is 54.2 Å². The second kappa shape index (κ2) is 8.43. The van der Waals surface area contributed by atoms with Crippen molar-refractivity contribution in [2.75, 3.05) is 7.11 Å². The number of aryl methyl sites for hydroxylation is 1. The first-order valence-corrected chi connectivity index (χ1v) is 14.7. The van der Waals surface area contributed by atoms with E-state index < -0.39 is 19.8 Å². The Labute approximate surface area is 200 Å². The van der Waals surface area contributed by atoms with Crippen LogP contribution >= 0.6 is 0 Å². The Hall–Kier alpha value is -2.84. The highest BCUT2D eigenvalue weighted by molar-refractivity contribution is 6.74. The lowest BCUT2D eigenvalue weighted by Crippen LogP contribution is -2.42. The first-order valence-electron chi connectivity index (χ1n) is 11.8. The summed E-state index contributed by atoms with van der Waals surface area (Å²) in [5.41, 5.74) is 3.02. The quantitative estimate of drug-likeness (QED) is 0.369. The van der Waals surface area contributed by atoms with Crippen molar-refractivity contribution in [1.29, 1.82) is 0 Å². The molecule has 3 heterocycles. The first kappa shape index (κ1) is 24.3. The van der Waals surface area contributed by atoms with Gasteiger partial charge in [-0.1, -0.05) is 39.8 Å². The van der Waals surface area contributed by atoms with Crippen molar-refractivity contribution in [2.45, 2.75) is 71.3 Å². The van der Waals surface area contributed by atoms with Crippen molar-refractivity contribution in [3.8, 4) is 17.0 Å². The second-order valence-corrected chi connectivity index (χ2v) is 15.3. The minimum atomic E-state index is -1.97. The van der Waals surface area contributed by atoms with E-state index in [1.54, 1.807) is 0 Å². The molecule has 1 aliphatic heterocycles. The summed E-state index contributed by atoms with van der Waals surface area (Å²) in [6.07, 6.45) is 2.30. The number of nitrogens with one attached hydrogen (secondary N) is 1. The molecule has 0 amide bonds. The van der Waals surface area contributed by atoms with Crippen LogP contribution in [0.25, 0.3) is 22.2 Å². The highest BCUT2D eigenvalue weighted by Gasteiger charge is 2.41. The number of carbonyl (C=O) groups excluding carboxylic acids is 1. The van der Waals surface area contributed by atoms with Gasteiger partial charge in [0.1, 0.15) is 12.0 Å². The highest BCUT2D eigenvalue weighted by atomic mass is 28.4. The zero-order valence-electron chi connectivity index (χ0n) is 21.0. The highest BCUT2D eigenvalue weighted by Crippen LogP contribution is 2.43. The fourth-order valence-electron chi connectivity index (χ4n) is 4.51. The molecule has 0 aliphatic carbocycles. The molecule has 3 aromatic rings. The Kier molecular flexibility index (Phi) is 6.02. The van der Waals surface area contributed by atoms with E-state index >= 15 is 0 Å². The summed E-state index contributed by atoms with van der Waals surface area (Å²) in [6.45, 7) is 13.1. The van der Waals surface area contributed by atoms with Gasteiger partial charge in [-0.05, 0) is 54.9 Å².